The molecule has 0 aliphatic rings. The molecular weight excluding hydrogens is 405 g/mol. The van der Waals surface area contributed by atoms with Crippen molar-refractivity contribution in [2.45, 2.75) is 31.3 Å². The summed E-state index contributed by atoms with van der Waals surface area (Å²) < 4.78 is 13.2. The van der Waals surface area contributed by atoms with Crippen LogP contribution in [0.3, 0.4) is 0 Å². The molecule has 1 amide bonds. The van der Waals surface area contributed by atoms with Crippen LogP contribution in [0.2, 0.25) is 0 Å². The Bertz CT molecular complexity index is 991. The van der Waals surface area contributed by atoms with Crippen LogP contribution < -0.4 is 16.4 Å². The first-order chi connectivity index (χ1) is 14.4. The van der Waals surface area contributed by atoms with Crippen LogP contribution in [0.5, 0.6) is 0 Å². The van der Waals surface area contributed by atoms with Gasteiger partial charge in [-0.1, -0.05) is 24.3 Å². The lowest BCUT2D eigenvalue weighted by atomic mass is 10.0. The number of benzene rings is 2. The predicted octanol–water partition coefficient (Wildman–Crippen LogP) is 2.17. The molecule has 0 bridgehead atoms. The summed E-state index contributed by atoms with van der Waals surface area (Å²) in [7, 11) is 0. The van der Waals surface area contributed by atoms with Crippen molar-refractivity contribution in [3.05, 3.63) is 59.9 Å². The van der Waals surface area contributed by atoms with Gasteiger partial charge in [-0.25, -0.2) is 9.37 Å². The minimum absolute atomic E-state index is 0.181. The van der Waals surface area contributed by atoms with Crippen molar-refractivity contribution in [3.63, 3.8) is 0 Å². The second kappa shape index (κ2) is 9.84. The lowest BCUT2D eigenvalue weighted by molar-refractivity contribution is -0.122. The lowest BCUT2D eigenvalue weighted by Gasteiger charge is -2.30. The van der Waals surface area contributed by atoms with E-state index >= 15 is 0 Å². The van der Waals surface area contributed by atoms with Crippen molar-refractivity contribution in [2.24, 2.45) is 11.5 Å². The zero-order valence-corrected chi connectivity index (χ0v) is 17.2. The first kappa shape index (κ1) is 21.9. The number of nitrogens with one attached hydrogen (secondary N) is 1. The molecule has 3 aromatic rings. The van der Waals surface area contributed by atoms with E-state index in [1.165, 1.54) is 17.0 Å². The molecule has 0 spiro atoms. The molecule has 0 aliphatic carbocycles. The van der Waals surface area contributed by atoms with Crippen molar-refractivity contribution in [1.82, 2.24) is 9.97 Å². The molecule has 5 N–H and O–H groups in total. The van der Waals surface area contributed by atoms with Crippen LogP contribution in [0.1, 0.15) is 18.4 Å². The Kier molecular flexibility index (Phi) is 7.20. The zero-order valence-electron chi connectivity index (χ0n) is 16.3. The number of aromatic nitrogens is 2. The number of para-hydroxylation sites is 2. The first-order valence-corrected chi connectivity index (χ1v) is 10.1. The standard InChI is InChI=1S/C21H24FN5O2S/c22-14-9-7-13(8-10-14)12-15(24)19(28)27(18(20(29)30)6-3-11-23)21-25-16-4-1-2-5-17(16)26-21/h1-2,4-5,7-10,15,18H,3,6,11-12,23-24H2,(H,25,26)(H,29,30)/t15-,18-/m0/s1. The molecule has 2 aromatic carbocycles. The summed E-state index contributed by atoms with van der Waals surface area (Å²) in [5.41, 5.74) is 13.9. The Balaban J connectivity index is 1.95. The van der Waals surface area contributed by atoms with Crippen molar-refractivity contribution < 1.29 is 14.0 Å². The third-order valence-electron chi connectivity index (χ3n) is 4.81. The maximum absolute atomic E-state index is 13.4. The maximum atomic E-state index is 13.4. The topological polar surface area (TPSA) is 118 Å². The fraction of sp³-hybridized carbons (Fsp3) is 0.286. The number of carbonyl (C=O) groups excluding carboxylic acids is 2. The highest BCUT2D eigenvalue weighted by atomic mass is 32.1. The van der Waals surface area contributed by atoms with Crippen LogP contribution in [-0.2, 0) is 16.0 Å². The van der Waals surface area contributed by atoms with Crippen LogP contribution in [0, 0.1) is 5.82 Å². The number of thiol groups is 1. The fourth-order valence-corrected chi connectivity index (χ4v) is 3.52. The Morgan fingerprint density at radius 1 is 1.17 bits per heavy atom. The summed E-state index contributed by atoms with van der Waals surface area (Å²) in [6, 6.07) is 11.2. The van der Waals surface area contributed by atoms with Crippen LogP contribution in [0.4, 0.5) is 10.3 Å². The van der Waals surface area contributed by atoms with Crippen molar-refractivity contribution in [1.29, 1.82) is 0 Å². The second-order valence-electron chi connectivity index (χ2n) is 7.01. The number of halogens is 1. The highest BCUT2D eigenvalue weighted by Crippen LogP contribution is 2.23. The van der Waals surface area contributed by atoms with E-state index in [1.807, 2.05) is 18.2 Å². The summed E-state index contributed by atoms with van der Waals surface area (Å²) in [6.07, 6.45) is 1.03. The molecule has 9 heteroatoms. The molecular formula is C21H24FN5O2S. The number of carbonyl (C=O) groups is 2. The fourth-order valence-electron chi connectivity index (χ4n) is 3.27. The molecule has 0 saturated carbocycles. The predicted molar refractivity (Wildman–Crippen MR) is 118 cm³/mol. The van der Waals surface area contributed by atoms with E-state index in [0.717, 1.165) is 5.52 Å². The number of hydrogen-bond acceptors (Lipinski definition) is 5. The minimum Gasteiger partial charge on any atom is -0.330 e. The minimum atomic E-state index is -0.961. The molecule has 0 fully saturated rings. The third kappa shape index (κ3) is 5.05. The van der Waals surface area contributed by atoms with Gasteiger partial charge in [0.25, 0.3) is 0 Å². The van der Waals surface area contributed by atoms with Gasteiger partial charge in [0.2, 0.25) is 17.0 Å². The van der Waals surface area contributed by atoms with E-state index in [2.05, 4.69) is 22.6 Å². The van der Waals surface area contributed by atoms with Crippen molar-refractivity contribution in [2.75, 3.05) is 11.4 Å². The monoisotopic (exact) mass is 429 g/mol. The number of imidazole rings is 1. The molecule has 7 nitrogen and oxygen atoms in total. The van der Waals surface area contributed by atoms with E-state index in [4.69, 9.17) is 11.5 Å². The molecule has 0 radical (unpaired) electrons. The summed E-state index contributed by atoms with van der Waals surface area (Å²) in [6.45, 7) is 0.362. The normalized spacial score (nSPS) is 13.2. The smallest absolute Gasteiger partial charge is 0.247 e. The Hall–Kier alpha value is -2.75. The zero-order chi connectivity index (χ0) is 21.7. The number of anilines is 1. The third-order valence-corrected chi connectivity index (χ3v) is 5.11. The number of fused-ring (bicyclic) bond motifs is 1. The van der Waals surface area contributed by atoms with Crippen LogP contribution >= 0.6 is 12.6 Å². The number of rotatable bonds is 9. The molecule has 2 atom stereocenters. The Morgan fingerprint density at radius 3 is 2.50 bits per heavy atom. The maximum Gasteiger partial charge on any atom is 0.247 e. The highest BCUT2D eigenvalue weighted by molar-refractivity contribution is 7.96. The number of nitrogens with two attached hydrogens (primary N) is 2. The molecule has 1 aromatic heterocycles. The SMILES string of the molecule is NCCC[C@@H](C(=O)S)N(C(=O)[C@@H](N)Cc1ccc(F)cc1)c1nc2ccccc2[nH]1. The molecule has 0 aliphatic heterocycles. The Labute approximate surface area is 179 Å². The van der Waals surface area contributed by atoms with Gasteiger partial charge in [-0.15, -0.1) is 12.6 Å². The van der Waals surface area contributed by atoms with Crippen molar-refractivity contribution in [3.8, 4) is 0 Å². The molecule has 30 heavy (non-hydrogen) atoms. The van der Waals surface area contributed by atoms with Gasteiger partial charge < -0.3 is 16.5 Å². The number of hydrogen-bond donors (Lipinski definition) is 4. The lowest BCUT2D eigenvalue weighted by Crippen LogP contribution is -2.52. The van der Waals surface area contributed by atoms with Crippen LogP contribution in [-0.4, -0.2) is 39.6 Å². The van der Waals surface area contributed by atoms with Gasteiger partial charge in [-0.2, -0.15) is 0 Å². The largest absolute Gasteiger partial charge is 0.330 e. The number of aromatic amines is 1. The van der Waals surface area contributed by atoms with Crippen molar-refractivity contribution >= 4 is 40.6 Å². The van der Waals surface area contributed by atoms with Gasteiger partial charge in [0.15, 0.2) is 0 Å². The summed E-state index contributed by atoms with van der Waals surface area (Å²) >= 11 is 3.99. The van der Waals surface area contributed by atoms with Crippen LogP contribution in [0.25, 0.3) is 11.0 Å². The molecule has 3 rings (SSSR count). The quantitative estimate of drug-likeness (QED) is 0.389. The van der Waals surface area contributed by atoms with Gasteiger partial charge in [-0.3, -0.25) is 14.5 Å². The summed E-state index contributed by atoms with van der Waals surface area (Å²) in [4.78, 5) is 34.5. The van der Waals surface area contributed by atoms with E-state index in [-0.39, 0.29) is 18.2 Å². The van der Waals surface area contributed by atoms with E-state index in [0.29, 0.717) is 30.5 Å². The molecule has 158 valence electrons. The Morgan fingerprint density at radius 2 is 1.87 bits per heavy atom. The number of H-pyrrole nitrogens is 1. The average molecular weight is 430 g/mol. The van der Waals surface area contributed by atoms with Gasteiger partial charge >= 0.3 is 0 Å². The van der Waals surface area contributed by atoms with E-state index < -0.39 is 23.1 Å². The summed E-state index contributed by atoms with van der Waals surface area (Å²) in [5, 5.41) is -0.480. The van der Waals surface area contributed by atoms with Gasteiger partial charge in [-0.05, 0) is 55.6 Å². The van der Waals surface area contributed by atoms with Gasteiger partial charge in [0.05, 0.1) is 17.1 Å². The van der Waals surface area contributed by atoms with Gasteiger partial charge in [0.1, 0.15) is 11.9 Å². The average Bonchev–Trinajstić information content (AvgIpc) is 3.15. The first-order valence-electron chi connectivity index (χ1n) is 9.61. The van der Waals surface area contributed by atoms with E-state index in [9.17, 15) is 14.0 Å². The molecule has 0 unspecified atom stereocenters. The number of nitrogens with zero attached hydrogens (tertiary/aromatic N) is 2. The number of amides is 1. The molecule has 0 saturated heterocycles. The van der Waals surface area contributed by atoms with E-state index in [1.54, 1.807) is 18.2 Å². The van der Waals surface area contributed by atoms with Gasteiger partial charge in [0, 0.05) is 0 Å². The van der Waals surface area contributed by atoms with Crippen LogP contribution in [0.15, 0.2) is 48.5 Å². The summed E-state index contributed by atoms with van der Waals surface area (Å²) in [5.74, 6) is -0.631. The second-order valence-corrected chi connectivity index (χ2v) is 7.45. The molecule has 1 heterocycles. The highest BCUT2D eigenvalue weighted by Gasteiger charge is 2.34.